The van der Waals surface area contributed by atoms with Crippen LogP contribution in [0.3, 0.4) is 0 Å². The molecule has 7 aromatic carbocycles. The predicted molar refractivity (Wildman–Crippen MR) is 382 cm³/mol. The van der Waals surface area contributed by atoms with Gasteiger partial charge in [-0.3, -0.25) is 28.8 Å². The van der Waals surface area contributed by atoms with Crippen molar-refractivity contribution in [1.29, 1.82) is 0 Å². The largest absolute Gasteiger partial charge is 0.508 e. The number of halogens is 1. The van der Waals surface area contributed by atoms with Gasteiger partial charge in [0.15, 0.2) is 33.3 Å². The smallest absolute Gasteiger partial charge is 0.344 e. The third kappa shape index (κ3) is 17.0. The van der Waals surface area contributed by atoms with Crippen LogP contribution in [-0.4, -0.2) is 113 Å². The first-order valence-corrected chi connectivity index (χ1v) is 32.7. The van der Waals surface area contributed by atoms with E-state index in [0.29, 0.717) is 61.7 Å². The topological polar surface area (TPSA) is 383 Å². The quantitative estimate of drug-likeness (QED) is 0.0115. The molecule has 0 aliphatic heterocycles. The number of carbonyl (C=O) groups is 9. The van der Waals surface area contributed by atoms with Gasteiger partial charge in [-0.2, -0.15) is 0 Å². The SMILES string of the molecule is CC(C)(c1ccc(O)cc1)c1ccc(O)cc1.Cc1c(C(=O)C(N)=O)c2c(OCC(=O)O)cccc2n1COc1ccc(C(C)(C)c2ccc(OCn3c(C)c(C(=O)C(N)=O)c4c(OCC(=O)O)cccc43)cc2)cc1.Cc1c(C(=O)C(N)=O)c2c(OCC(=O)OC(C)(C)C)cccc2n1CBr. The summed E-state index contributed by atoms with van der Waals surface area (Å²) >= 11 is 3.37. The molecule has 102 heavy (non-hydrogen) atoms. The van der Waals surface area contributed by atoms with Crippen molar-refractivity contribution in [2.24, 2.45) is 17.2 Å². The van der Waals surface area contributed by atoms with Crippen molar-refractivity contribution in [1.82, 2.24) is 13.7 Å². The summed E-state index contributed by atoms with van der Waals surface area (Å²) in [5.41, 5.74) is 22.4. The van der Waals surface area contributed by atoms with E-state index in [0.717, 1.165) is 22.3 Å². The lowest BCUT2D eigenvalue weighted by Crippen LogP contribution is -2.27. The lowest BCUT2D eigenvalue weighted by molar-refractivity contribution is -0.157. The van der Waals surface area contributed by atoms with E-state index >= 15 is 0 Å². The molecule has 10 rings (SSSR count). The number of phenolic OH excluding ortho intramolecular Hbond substituents is 2. The lowest BCUT2D eigenvalue weighted by Gasteiger charge is -2.26. The van der Waals surface area contributed by atoms with Crippen LogP contribution in [-0.2, 0) is 63.2 Å². The number of amides is 3. The first kappa shape index (κ1) is 75.8. The molecule has 0 saturated carbocycles. The fraction of sp³-hybridized carbons (Fsp3) is 0.250. The number of nitrogens with zero attached hydrogens (tertiary/aromatic N) is 3. The van der Waals surface area contributed by atoms with Crippen molar-refractivity contribution in [2.75, 3.05) is 19.8 Å². The summed E-state index contributed by atoms with van der Waals surface area (Å²) in [5, 5.41) is 37.8. The number of benzene rings is 7. The molecule has 3 amide bonds. The number of hydrogen-bond donors (Lipinski definition) is 7. The number of primary amides is 3. The first-order valence-electron chi connectivity index (χ1n) is 31.6. The third-order valence-corrected chi connectivity index (χ3v) is 17.4. The number of alkyl halides is 1. The molecule has 0 bridgehead atoms. The second kappa shape index (κ2) is 31.5. The summed E-state index contributed by atoms with van der Waals surface area (Å²) in [7, 11) is 0. The summed E-state index contributed by atoms with van der Waals surface area (Å²) < 4.78 is 39.1. The Morgan fingerprint density at radius 3 is 0.971 bits per heavy atom. The Kier molecular flexibility index (Phi) is 23.4. The van der Waals surface area contributed by atoms with Crippen molar-refractivity contribution in [2.45, 2.75) is 105 Å². The maximum absolute atomic E-state index is 12.9. The molecule has 0 saturated heterocycles. The number of esters is 1. The Bertz CT molecular complexity index is 4640. The molecular weight excluding hydrogens is 1380 g/mol. The lowest BCUT2D eigenvalue weighted by atomic mass is 9.78. The number of carboxylic acids is 2. The average molecular weight is 1460 g/mol. The van der Waals surface area contributed by atoms with Gasteiger partial charge in [0.2, 0.25) is 0 Å². The van der Waals surface area contributed by atoms with E-state index in [1.165, 1.54) is 12.1 Å². The molecule has 3 heterocycles. The van der Waals surface area contributed by atoms with Gasteiger partial charge >= 0.3 is 17.9 Å². The minimum Gasteiger partial charge on any atom is -0.508 e. The number of carboxylic acid groups (broad SMARTS) is 2. The van der Waals surface area contributed by atoms with Crippen molar-refractivity contribution in [3.8, 4) is 40.2 Å². The highest BCUT2D eigenvalue weighted by Gasteiger charge is 2.31. The number of hydrogen-bond acceptors (Lipinski definition) is 17. The van der Waals surface area contributed by atoms with Gasteiger partial charge in [0, 0.05) is 27.9 Å². The summed E-state index contributed by atoms with van der Waals surface area (Å²) in [4.78, 5) is 108. The van der Waals surface area contributed by atoms with Crippen molar-refractivity contribution >= 4 is 102 Å². The maximum Gasteiger partial charge on any atom is 0.344 e. The van der Waals surface area contributed by atoms with Crippen molar-refractivity contribution in [3.63, 3.8) is 0 Å². The normalized spacial score (nSPS) is 11.4. The average Bonchev–Trinajstić information content (AvgIpc) is 1.62. The van der Waals surface area contributed by atoms with Crippen molar-refractivity contribution < 1.29 is 92.0 Å². The van der Waals surface area contributed by atoms with Crippen LogP contribution >= 0.6 is 15.9 Å². The molecule has 0 aliphatic rings. The van der Waals surface area contributed by atoms with Crippen LogP contribution < -0.4 is 40.9 Å². The minimum absolute atomic E-state index is 0.00317. The number of ketones is 3. The molecule has 0 unspecified atom stereocenters. The Balaban J connectivity index is 0.000000249. The second-order valence-corrected chi connectivity index (χ2v) is 26.0. The Labute approximate surface area is 594 Å². The summed E-state index contributed by atoms with van der Waals surface area (Å²) in [5.74, 6) is -6.92. The fourth-order valence-electron chi connectivity index (χ4n) is 11.6. The summed E-state index contributed by atoms with van der Waals surface area (Å²) in [6, 6.07) is 44.3. The van der Waals surface area contributed by atoms with Crippen LogP contribution in [0.4, 0.5) is 0 Å². The van der Waals surface area contributed by atoms with Crippen LogP contribution in [0.25, 0.3) is 32.7 Å². The number of aliphatic carboxylic acids is 2. The molecule has 3 aromatic heterocycles. The summed E-state index contributed by atoms with van der Waals surface area (Å²) in [6.45, 7) is 16.9. The minimum atomic E-state index is -1.21. The van der Waals surface area contributed by atoms with Crippen LogP contribution in [0.5, 0.6) is 40.2 Å². The Morgan fingerprint density at radius 1 is 0.402 bits per heavy atom. The molecule has 10 N–H and O–H groups in total. The highest BCUT2D eigenvalue weighted by atomic mass is 79.9. The van der Waals surface area contributed by atoms with E-state index in [1.807, 2.05) is 77.4 Å². The monoisotopic (exact) mass is 1460 g/mol. The van der Waals surface area contributed by atoms with Crippen LogP contribution in [0, 0.1) is 20.8 Å². The molecule has 0 radical (unpaired) electrons. The molecule has 0 atom stereocenters. The zero-order valence-electron chi connectivity index (χ0n) is 57.5. The molecule has 0 spiro atoms. The number of rotatable bonds is 26. The molecule has 25 nitrogen and oxygen atoms in total. The number of carbonyl (C=O) groups excluding carboxylic acids is 7. The van der Waals surface area contributed by atoms with Crippen LogP contribution in [0.2, 0.25) is 0 Å². The molecule has 0 aliphatic carbocycles. The number of aromatic hydroxyl groups is 2. The predicted octanol–water partition coefficient (Wildman–Crippen LogP) is 11.0. The van der Waals surface area contributed by atoms with Gasteiger partial charge in [-0.1, -0.05) is 110 Å². The first-order chi connectivity index (χ1) is 48.1. The third-order valence-electron chi connectivity index (χ3n) is 16.9. The van der Waals surface area contributed by atoms with Gasteiger partial charge in [-0.15, -0.1) is 0 Å². The number of phenols is 2. The molecule has 26 heteroatoms. The highest BCUT2D eigenvalue weighted by Crippen LogP contribution is 2.40. The van der Waals surface area contributed by atoms with E-state index < -0.39 is 77.2 Å². The van der Waals surface area contributed by atoms with Gasteiger partial charge in [0.05, 0.1) is 54.9 Å². The van der Waals surface area contributed by atoms with Gasteiger partial charge in [0.25, 0.3) is 35.1 Å². The van der Waals surface area contributed by atoms with E-state index in [-0.39, 0.29) is 75.9 Å². The zero-order chi connectivity index (χ0) is 74.9. The fourth-order valence-corrected chi connectivity index (χ4v) is 12.3. The summed E-state index contributed by atoms with van der Waals surface area (Å²) in [6.07, 6.45) is 0. The number of Topliss-reactive ketones (excluding diaryl/α,β-unsaturated/α-hetero) is 3. The standard InChI is InChI=1S/C43H40N4O12.C18H21BrN2O5.C15H16O2/c1-23-35(39(52)41(44)54)37-29(7-5-9-31(37)56-19-33(48)49)46(23)21-58-27-15-11-25(12-16-27)43(3,4)26-13-17-28(18-14-26)59-22-47-24(2)36(40(53)42(45)55)38-30(47)8-6-10-32(38)57-20-34(50)51;1-10-14(16(23)17(20)24)15-11(21(10)9-19)6-5-7-12(15)25-8-13(22)26-18(2,3)4;1-15(2,11-3-7-13(16)8-4-11)12-5-9-14(17)10-6-12/h5-18H,19-22H2,1-4H3,(H2,44,54)(H2,45,55)(H,48,49)(H,50,51);5-7H,8-9H2,1-4H3,(H2,20,24);3-10,16-17H,1-2H3. The Morgan fingerprint density at radius 2 is 0.686 bits per heavy atom. The van der Waals surface area contributed by atoms with Crippen molar-refractivity contribution in [3.05, 3.63) is 208 Å². The number of nitrogens with two attached hydrogens (primary N) is 3. The van der Waals surface area contributed by atoms with E-state index in [4.69, 9.17) is 55.8 Å². The van der Waals surface area contributed by atoms with E-state index in [1.54, 1.807) is 117 Å². The van der Waals surface area contributed by atoms with Gasteiger partial charge in [-0.05, 0) is 149 Å². The number of fused-ring (bicyclic) bond motifs is 3. The zero-order valence-corrected chi connectivity index (χ0v) is 59.1. The molecule has 0 fully saturated rings. The van der Waals surface area contributed by atoms with Crippen LogP contribution in [0.15, 0.2) is 152 Å². The molecule has 10 aromatic rings. The molecule has 532 valence electrons. The van der Waals surface area contributed by atoms with E-state index in [2.05, 4.69) is 43.6 Å². The number of ether oxygens (including phenoxy) is 6. The highest BCUT2D eigenvalue weighted by molar-refractivity contribution is 9.08. The van der Waals surface area contributed by atoms with Crippen LogP contribution in [0.1, 0.15) is 119 Å². The van der Waals surface area contributed by atoms with Gasteiger partial charge in [0.1, 0.15) is 45.8 Å². The molecular formula is C76H77BrN6O19. The maximum atomic E-state index is 12.9. The Hall–Kier alpha value is -11.9. The van der Waals surface area contributed by atoms with E-state index in [9.17, 15) is 53.4 Å². The second-order valence-electron chi connectivity index (χ2n) is 25.5. The number of aromatic nitrogens is 3. The van der Waals surface area contributed by atoms with Gasteiger partial charge in [-0.25, -0.2) is 14.4 Å². The van der Waals surface area contributed by atoms with Gasteiger partial charge < -0.3 is 79.7 Å².